The predicted molar refractivity (Wildman–Crippen MR) is 94.1 cm³/mol. The first-order chi connectivity index (χ1) is 12.5. The van der Waals surface area contributed by atoms with Crippen molar-refractivity contribution in [2.75, 3.05) is 13.2 Å². The smallest absolute Gasteiger partial charge is 0.322 e. The number of esters is 1. The fourth-order valence-corrected chi connectivity index (χ4v) is 3.19. The molecule has 0 saturated carbocycles. The molecule has 0 aromatic carbocycles. The Morgan fingerprint density at radius 2 is 2.00 bits per heavy atom. The van der Waals surface area contributed by atoms with Gasteiger partial charge in [0.1, 0.15) is 12.6 Å². The minimum absolute atomic E-state index is 0.173. The van der Waals surface area contributed by atoms with Crippen LogP contribution in [0.2, 0.25) is 0 Å². The first-order valence-corrected chi connectivity index (χ1v) is 9.09. The molecule has 0 amide bonds. The van der Waals surface area contributed by atoms with Crippen LogP contribution in [0.1, 0.15) is 39.5 Å². The van der Waals surface area contributed by atoms with Gasteiger partial charge >= 0.3 is 5.97 Å². The number of rotatable bonds is 10. The molecule has 5 unspecified atom stereocenters. The number of nitrogens with two attached hydrogens (primary N) is 2. The van der Waals surface area contributed by atoms with E-state index in [4.69, 9.17) is 20.9 Å². The number of aliphatic hydroxyl groups excluding tert-OH is 3. The lowest BCUT2D eigenvalue weighted by Gasteiger charge is -2.44. The van der Waals surface area contributed by atoms with Crippen molar-refractivity contribution in [1.29, 1.82) is 0 Å². The van der Waals surface area contributed by atoms with Crippen molar-refractivity contribution in [3.8, 4) is 0 Å². The van der Waals surface area contributed by atoms with E-state index >= 15 is 0 Å². The van der Waals surface area contributed by atoms with E-state index in [-0.39, 0.29) is 19.4 Å². The first kappa shape index (κ1) is 23.9. The Hall–Kier alpha value is -1.14. The van der Waals surface area contributed by atoms with Gasteiger partial charge < -0.3 is 41.4 Å². The maximum absolute atomic E-state index is 11.8. The third-order valence-corrected chi connectivity index (χ3v) is 4.76. The zero-order valence-electron chi connectivity index (χ0n) is 15.8. The summed E-state index contributed by atoms with van der Waals surface area (Å²) in [4.78, 5) is 23.4. The summed E-state index contributed by atoms with van der Waals surface area (Å²) >= 11 is 0. The average molecular weight is 392 g/mol. The van der Waals surface area contributed by atoms with E-state index in [2.05, 4.69) is 0 Å². The van der Waals surface area contributed by atoms with Crippen molar-refractivity contribution in [3.05, 3.63) is 0 Å². The topological polar surface area (TPSA) is 186 Å². The summed E-state index contributed by atoms with van der Waals surface area (Å²) in [6.07, 6.45) is -4.09. The minimum atomic E-state index is -2.20. The van der Waals surface area contributed by atoms with Crippen LogP contribution >= 0.6 is 0 Å². The van der Waals surface area contributed by atoms with Crippen molar-refractivity contribution >= 4 is 11.8 Å². The lowest BCUT2D eigenvalue weighted by molar-refractivity contribution is -0.285. The van der Waals surface area contributed by atoms with Gasteiger partial charge in [0.15, 0.2) is 5.78 Å². The molecule has 7 atom stereocenters. The second-order valence-electron chi connectivity index (χ2n) is 7.14. The van der Waals surface area contributed by atoms with Crippen molar-refractivity contribution in [2.45, 2.75) is 75.8 Å². The molecule has 1 rings (SSSR count). The quantitative estimate of drug-likeness (QED) is 0.222. The summed E-state index contributed by atoms with van der Waals surface area (Å²) in [6, 6.07) is -0.846. The molecule has 0 spiro atoms. The maximum Gasteiger partial charge on any atom is 0.322 e. The van der Waals surface area contributed by atoms with Crippen LogP contribution in [-0.2, 0) is 19.1 Å². The number of carbonyl (C=O) groups excluding carboxylic acids is 2. The molecule has 1 saturated heterocycles. The summed E-state index contributed by atoms with van der Waals surface area (Å²) in [6.45, 7) is 2.57. The van der Waals surface area contributed by atoms with Crippen LogP contribution in [0, 0.1) is 5.92 Å². The van der Waals surface area contributed by atoms with Crippen LogP contribution in [0.25, 0.3) is 0 Å². The predicted octanol–water partition coefficient (Wildman–Crippen LogP) is -2.23. The molecule has 1 heterocycles. The van der Waals surface area contributed by atoms with Gasteiger partial charge in [-0.1, -0.05) is 0 Å². The Labute approximate surface area is 158 Å². The summed E-state index contributed by atoms with van der Waals surface area (Å²) in [5.74, 6) is -4.40. The second kappa shape index (κ2) is 10.4. The molecule has 0 radical (unpaired) electrons. The molecule has 1 aliphatic rings. The summed E-state index contributed by atoms with van der Waals surface area (Å²) in [7, 11) is 0. The number of ketones is 1. The van der Waals surface area contributed by atoms with E-state index in [1.807, 2.05) is 0 Å². The second-order valence-corrected chi connectivity index (χ2v) is 7.14. The van der Waals surface area contributed by atoms with Gasteiger partial charge in [-0.15, -0.1) is 0 Å². The fourth-order valence-electron chi connectivity index (χ4n) is 3.19. The highest BCUT2D eigenvalue weighted by molar-refractivity contribution is 5.83. The molecule has 10 heteroatoms. The highest BCUT2D eigenvalue weighted by atomic mass is 16.6. The summed E-state index contributed by atoms with van der Waals surface area (Å²) in [5, 5.41) is 40.6. The monoisotopic (exact) mass is 392 g/mol. The molecule has 158 valence electrons. The first-order valence-electron chi connectivity index (χ1n) is 9.09. The number of hydrogen-bond acceptors (Lipinski definition) is 10. The van der Waals surface area contributed by atoms with Gasteiger partial charge in [-0.25, -0.2) is 0 Å². The molecule has 8 N–H and O–H groups in total. The zero-order chi connectivity index (χ0) is 20.8. The third-order valence-electron chi connectivity index (χ3n) is 4.76. The van der Waals surface area contributed by atoms with Gasteiger partial charge in [0, 0.05) is 25.7 Å². The number of carbonyl (C=O) groups is 2. The van der Waals surface area contributed by atoms with Crippen LogP contribution in [0.5, 0.6) is 0 Å². The van der Waals surface area contributed by atoms with Crippen LogP contribution in [0.3, 0.4) is 0 Å². The molecular weight excluding hydrogens is 360 g/mol. The largest absolute Gasteiger partial charge is 0.462 e. The van der Waals surface area contributed by atoms with Gasteiger partial charge in [0.05, 0.1) is 24.4 Å². The van der Waals surface area contributed by atoms with Gasteiger partial charge in [0.2, 0.25) is 5.79 Å². The number of hydrogen-bond donors (Lipinski definition) is 6. The summed E-state index contributed by atoms with van der Waals surface area (Å²) < 4.78 is 10.4. The van der Waals surface area contributed by atoms with Crippen LogP contribution in [0.15, 0.2) is 0 Å². The van der Waals surface area contributed by atoms with Crippen molar-refractivity contribution in [3.63, 3.8) is 0 Å². The Morgan fingerprint density at radius 1 is 1.37 bits per heavy atom. The fraction of sp³-hybridized carbons (Fsp3) is 0.882. The molecule has 0 aromatic heterocycles. The minimum Gasteiger partial charge on any atom is -0.462 e. The lowest BCUT2D eigenvalue weighted by Crippen LogP contribution is -2.58. The Kier molecular flexibility index (Phi) is 9.22. The molecule has 1 aliphatic heterocycles. The standard InChI is InChI=1S/C17H32N2O8/c1-9(20)15-13(23)7-17(25,10(2)21)27-14(15)6-11(22)8-26-16(24)12(19)4-3-5-18/h9,11-15,20,22-23,25H,3-8,18-19H2,1-2H3/t9?,11-,12+,13?,14?,15?,17?/m0/s1. The molecule has 27 heavy (non-hydrogen) atoms. The van der Waals surface area contributed by atoms with E-state index < -0.39 is 53.9 Å². The molecule has 0 aromatic rings. The van der Waals surface area contributed by atoms with Crippen molar-refractivity contribution < 1.29 is 39.5 Å². The maximum atomic E-state index is 11.8. The Balaban J connectivity index is 2.68. The SMILES string of the molecule is CC(=O)C1(O)CC(O)C(C(C)O)C(C[C@H](O)COC(=O)[C@H](N)CCCN)O1. The van der Waals surface area contributed by atoms with Crippen LogP contribution in [-0.4, -0.2) is 81.6 Å². The number of ether oxygens (including phenoxy) is 2. The van der Waals surface area contributed by atoms with E-state index in [9.17, 15) is 30.0 Å². The number of aliphatic hydroxyl groups is 4. The zero-order valence-corrected chi connectivity index (χ0v) is 15.8. The van der Waals surface area contributed by atoms with Crippen molar-refractivity contribution in [1.82, 2.24) is 0 Å². The van der Waals surface area contributed by atoms with E-state index in [0.29, 0.717) is 19.4 Å². The van der Waals surface area contributed by atoms with Gasteiger partial charge in [0.25, 0.3) is 0 Å². The average Bonchev–Trinajstić information content (AvgIpc) is 2.56. The van der Waals surface area contributed by atoms with Crippen LogP contribution in [0.4, 0.5) is 0 Å². The summed E-state index contributed by atoms with van der Waals surface area (Å²) in [5.41, 5.74) is 11.0. The highest BCUT2D eigenvalue weighted by Crippen LogP contribution is 2.36. The Bertz CT molecular complexity index is 503. The van der Waals surface area contributed by atoms with E-state index in [1.165, 1.54) is 6.92 Å². The molecule has 0 aliphatic carbocycles. The number of Topliss-reactive ketones (excluding diaryl/α,β-unsaturated/α-hetero) is 1. The van der Waals surface area contributed by atoms with Crippen molar-refractivity contribution in [2.24, 2.45) is 17.4 Å². The molecule has 0 bridgehead atoms. The van der Waals surface area contributed by atoms with E-state index in [1.54, 1.807) is 0 Å². The van der Waals surface area contributed by atoms with E-state index in [0.717, 1.165) is 6.92 Å². The lowest BCUT2D eigenvalue weighted by atomic mass is 9.81. The van der Waals surface area contributed by atoms with Gasteiger partial charge in [-0.3, -0.25) is 9.59 Å². The normalized spacial score (nSPS) is 31.8. The molecule has 1 fully saturated rings. The van der Waals surface area contributed by atoms with Gasteiger partial charge in [-0.05, 0) is 26.3 Å². The molecular formula is C17H32N2O8. The molecule has 10 nitrogen and oxygen atoms in total. The third kappa shape index (κ3) is 6.75. The Morgan fingerprint density at radius 3 is 2.52 bits per heavy atom. The van der Waals surface area contributed by atoms with Crippen LogP contribution < -0.4 is 11.5 Å². The van der Waals surface area contributed by atoms with Gasteiger partial charge in [-0.2, -0.15) is 0 Å². The highest BCUT2D eigenvalue weighted by Gasteiger charge is 2.50.